The summed E-state index contributed by atoms with van der Waals surface area (Å²) in [4.78, 5) is 4.37. The topological polar surface area (TPSA) is 63.0 Å². The maximum absolute atomic E-state index is 14.2. The Morgan fingerprint density at radius 3 is 2.68 bits per heavy atom. The molecule has 1 aliphatic carbocycles. The van der Waals surface area contributed by atoms with Crippen LogP contribution in [0, 0.1) is 12.7 Å². The van der Waals surface area contributed by atoms with E-state index in [2.05, 4.69) is 21.7 Å². The lowest BCUT2D eigenvalue weighted by atomic mass is 9.99. The molecule has 1 heterocycles. The molecule has 0 bridgehead atoms. The van der Waals surface area contributed by atoms with Crippen LogP contribution in [-0.4, -0.2) is 24.6 Å². The summed E-state index contributed by atoms with van der Waals surface area (Å²) in [7, 11) is 1.93. The van der Waals surface area contributed by atoms with E-state index in [1.54, 1.807) is 12.1 Å². The number of pyridine rings is 1. The number of anilines is 1. The number of benzene rings is 1. The quantitative estimate of drug-likeness (QED) is 0.690. The molecule has 1 unspecified atom stereocenters. The Labute approximate surface area is 149 Å². The van der Waals surface area contributed by atoms with Crippen LogP contribution >= 0.6 is 0 Å². The normalized spacial score (nSPS) is 15.3. The number of aromatic nitrogens is 1. The Morgan fingerprint density at radius 2 is 2.00 bits per heavy atom. The fourth-order valence-corrected chi connectivity index (χ4v) is 3.20. The van der Waals surface area contributed by atoms with E-state index in [0.29, 0.717) is 11.9 Å². The van der Waals surface area contributed by atoms with Crippen LogP contribution in [0.1, 0.15) is 41.3 Å². The summed E-state index contributed by atoms with van der Waals surface area (Å²) in [6.07, 6.45) is 3.92. The highest BCUT2D eigenvalue weighted by Gasteiger charge is 2.25. The van der Waals surface area contributed by atoms with Crippen LogP contribution in [-0.2, 0) is 12.8 Å². The minimum Gasteiger partial charge on any atom is -0.384 e. The molecule has 1 atom stereocenters. The van der Waals surface area contributed by atoms with Gasteiger partial charge in [0.25, 0.3) is 0 Å². The van der Waals surface area contributed by atoms with E-state index in [0.717, 1.165) is 41.8 Å². The van der Waals surface area contributed by atoms with Crippen molar-refractivity contribution in [3.05, 3.63) is 58.5 Å². The molecule has 0 radical (unpaired) electrons. The number of hydrogen-bond acceptors (Lipinski definition) is 4. The number of rotatable bonds is 8. The minimum absolute atomic E-state index is 0.139. The molecule has 25 heavy (non-hydrogen) atoms. The molecule has 2 aromatic rings. The van der Waals surface area contributed by atoms with E-state index in [1.807, 2.05) is 26.1 Å². The molecule has 1 aliphatic rings. The highest BCUT2D eigenvalue weighted by Crippen LogP contribution is 2.25. The zero-order valence-electron chi connectivity index (χ0n) is 15.0. The molecule has 1 fully saturated rings. The Bertz CT molecular complexity index is 707. The summed E-state index contributed by atoms with van der Waals surface area (Å²) in [6.45, 7) is 2.79. The van der Waals surface area contributed by atoms with Crippen LogP contribution in [0.3, 0.4) is 0 Å². The SMILES string of the molecule is CNCC(NC1CC1)c1cc(F)cc(CCc2cc(C)cc(N)n2)c1. The number of nitrogens with two attached hydrogens (primary N) is 1. The molecule has 1 aromatic carbocycles. The van der Waals surface area contributed by atoms with Crippen LogP contribution in [0.2, 0.25) is 0 Å². The van der Waals surface area contributed by atoms with Crippen molar-refractivity contribution in [3.63, 3.8) is 0 Å². The van der Waals surface area contributed by atoms with E-state index >= 15 is 0 Å². The summed E-state index contributed by atoms with van der Waals surface area (Å²) in [5.74, 6) is 0.362. The molecule has 1 aromatic heterocycles. The fraction of sp³-hybridized carbons (Fsp3) is 0.450. The van der Waals surface area contributed by atoms with Gasteiger partial charge in [-0.1, -0.05) is 6.07 Å². The van der Waals surface area contributed by atoms with Gasteiger partial charge in [0.15, 0.2) is 0 Å². The third-order valence-corrected chi connectivity index (χ3v) is 4.52. The number of nitrogens with zero attached hydrogens (tertiary/aromatic N) is 1. The van der Waals surface area contributed by atoms with Crippen LogP contribution in [0.25, 0.3) is 0 Å². The first kappa shape index (κ1) is 17.8. The van der Waals surface area contributed by atoms with Crippen molar-refractivity contribution in [2.75, 3.05) is 19.3 Å². The molecule has 3 rings (SSSR count). The number of likely N-dealkylation sites (N-methyl/N-ethyl adjacent to an activating group) is 1. The highest BCUT2D eigenvalue weighted by molar-refractivity contribution is 5.35. The second-order valence-corrected chi connectivity index (χ2v) is 7.00. The van der Waals surface area contributed by atoms with Gasteiger partial charge in [-0.2, -0.15) is 0 Å². The summed E-state index contributed by atoms with van der Waals surface area (Å²) in [6, 6.07) is 9.98. The van der Waals surface area contributed by atoms with Gasteiger partial charge in [0.05, 0.1) is 0 Å². The summed E-state index contributed by atoms with van der Waals surface area (Å²) in [5.41, 5.74) is 9.87. The average molecular weight is 342 g/mol. The zero-order valence-corrected chi connectivity index (χ0v) is 15.0. The second kappa shape index (κ2) is 7.93. The Morgan fingerprint density at radius 1 is 1.20 bits per heavy atom. The number of nitrogen functional groups attached to an aromatic ring is 1. The smallest absolute Gasteiger partial charge is 0.123 e. The van der Waals surface area contributed by atoms with Gasteiger partial charge in [0, 0.05) is 24.3 Å². The number of hydrogen-bond donors (Lipinski definition) is 3. The van der Waals surface area contributed by atoms with Crippen molar-refractivity contribution in [1.29, 1.82) is 0 Å². The highest BCUT2D eigenvalue weighted by atomic mass is 19.1. The van der Waals surface area contributed by atoms with Crippen molar-refractivity contribution in [2.24, 2.45) is 0 Å². The average Bonchev–Trinajstić information content (AvgIpc) is 3.35. The molecular formula is C20H27FN4. The van der Waals surface area contributed by atoms with Gasteiger partial charge in [0.1, 0.15) is 11.6 Å². The largest absolute Gasteiger partial charge is 0.384 e. The predicted molar refractivity (Wildman–Crippen MR) is 100 cm³/mol. The van der Waals surface area contributed by atoms with Crippen LogP contribution < -0.4 is 16.4 Å². The van der Waals surface area contributed by atoms with E-state index < -0.39 is 0 Å². The molecule has 4 N–H and O–H groups in total. The Balaban J connectivity index is 1.73. The molecule has 5 heteroatoms. The molecule has 1 saturated carbocycles. The van der Waals surface area contributed by atoms with Gasteiger partial charge in [-0.3, -0.25) is 0 Å². The molecular weight excluding hydrogens is 315 g/mol. The molecule has 0 saturated heterocycles. The maximum atomic E-state index is 14.2. The van der Waals surface area contributed by atoms with Gasteiger partial charge >= 0.3 is 0 Å². The summed E-state index contributed by atoms with van der Waals surface area (Å²) >= 11 is 0. The first-order valence-electron chi connectivity index (χ1n) is 8.96. The monoisotopic (exact) mass is 342 g/mol. The summed E-state index contributed by atoms with van der Waals surface area (Å²) in [5, 5.41) is 6.79. The van der Waals surface area contributed by atoms with E-state index in [1.165, 1.54) is 12.8 Å². The van der Waals surface area contributed by atoms with Gasteiger partial charge in [-0.05, 0) is 80.6 Å². The lowest BCUT2D eigenvalue weighted by Gasteiger charge is -2.20. The minimum atomic E-state index is -0.178. The van der Waals surface area contributed by atoms with Gasteiger partial charge in [-0.15, -0.1) is 0 Å². The van der Waals surface area contributed by atoms with E-state index in [9.17, 15) is 4.39 Å². The van der Waals surface area contributed by atoms with Crippen LogP contribution in [0.15, 0.2) is 30.3 Å². The van der Waals surface area contributed by atoms with Crippen LogP contribution in [0.5, 0.6) is 0 Å². The number of aryl methyl sites for hydroxylation is 3. The third kappa shape index (κ3) is 5.25. The first-order chi connectivity index (χ1) is 12.0. The number of nitrogens with one attached hydrogen (secondary N) is 2. The molecule has 4 nitrogen and oxygen atoms in total. The number of halogens is 1. The first-order valence-corrected chi connectivity index (χ1v) is 8.96. The fourth-order valence-electron chi connectivity index (χ4n) is 3.20. The van der Waals surface area contributed by atoms with E-state index in [4.69, 9.17) is 5.73 Å². The lowest BCUT2D eigenvalue weighted by Crippen LogP contribution is -2.31. The predicted octanol–water partition coefficient (Wildman–Crippen LogP) is 2.91. The van der Waals surface area contributed by atoms with Crippen molar-refractivity contribution in [1.82, 2.24) is 15.6 Å². The molecule has 0 amide bonds. The Kier molecular flexibility index (Phi) is 5.66. The van der Waals surface area contributed by atoms with Crippen molar-refractivity contribution in [2.45, 2.75) is 44.7 Å². The van der Waals surface area contributed by atoms with Crippen LogP contribution in [0.4, 0.5) is 10.2 Å². The zero-order chi connectivity index (χ0) is 17.8. The van der Waals surface area contributed by atoms with Crippen molar-refractivity contribution >= 4 is 5.82 Å². The standard InChI is InChI=1S/C20H27FN4/c1-13-7-18(25-20(22)8-13)4-3-14-9-15(11-16(21)10-14)19(12-23-2)24-17-5-6-17/h7-11,17,19,23-24H,3-6,12H2,1-2H3,(H2,22,25). The second-order valence-electron chi connectivity index (χ2n) is 7.00. The lowest BCUT2D eigenvalue weighted by molar-refractivity contribution is 0.502. The molecule has 0 aliphatic heterocycles. The molecule has 134 valence electrons. The van der Waals surface area contributed by atoms with Gasteiger partial charge < -0.3 is 16.4 Å². The van der Waals surface area contributed by atoms with Gasteiger partial charge in [0.2, 0.25) is 0 Å². The van der Waals surface area contributed by atoms with Gasteiger partial charge in [-0.25, -0.2) is 9.37 Å². The van der Waals surface area contributed by atoms with E-state index in [-0.39, 0.29) is 11.9 Å². The van der Waals surface area contributed by atoms with Crippen molar-refractivity contribution < 1.29 is 4.39 Å². The van der Waals surface area contributed by atoms with Crippen molar-refractivity contribution in [3.8, 4) is 0 Å². The third-order valence-electron chi connectivity index (χ3n) is 4.52. The summed E-state index contributed by atoms with van der Waals surface area (Å²) < 4.78 is 14.2. The maximum Gasteiger partial charge on any atom is 0.123 e. The molecule has 0 spiro atoms. The Hall–Kier alpha value is -1.98.